The van der Waals surface area contributed by atoms with Crippen molar-refractivity contribution in [3.8, 4) is 39.9 Å². The Morgan fingerprint density at radius 1 is 0.455 bits per heavy atom. The Balaban J connectivity index is 0.899. The second kappa shape index (κ2) is 18.3. The summed E-state index contributed by atoms with van der Waals surface area (Å²) in [6.07, 6.45) is 1.85. The highest BCUT2D eigenvalue weighted by molar-refractivity contribution is 5.86. The Morgan fingerprint density at radius 3 is 1.50 bits per heavy atom. The average molecular weight is 867 g/mol. The molecule has 0 aliphatic heterocycles. The molecule has 8 aromatic rings. The quantitative estimate of drug-likeness (QED) is 0.109. The van der Waals surface area contributed by atoms with Crippen LogP contribution in [0.15, 0.2) is 176 Å². The summed E-state index contributed by atoms with van der Waals surface area (Å²) in [5.41, 5.74) is 16.8. The molecule has 1 aliphatic carbocycles. The van der Waals surface area contributed by atoms with Crippen molar-refractivity contribution in [2.45, 2.75) is 79.1 Å². The molecule has 4 heteroatoms. The molecule has 0 heterocycles. The molecule has 0 spiro atoms. The Labute approximate surface area is 391 Å². The minimum absolute atomic E-state index is 0.0796. The molecule has 9 rings (SSSR count). The minimum atomic E-state index is -0.562. The lowest BCUT2D eigenvalue weighted by atomic mass is 9.67. The highest BCUT2D eigenvalue weighted by Crippen LogP contribution is 2.56. The van der Waals surface area contributed by atoms with Crippen LogP contribution in [0.25, 0.3) is 17.2 Å². The molecule has 0 aromatic heterocycles. The van der Waals surface area contributed by atoms with E-state index in [0.717, 1.165) is 78.8 Å². The zero-order valence-electron chi connectivity index (χ0n) is 39.2. The molecule has 0 radical (unpaired) electrons. The van der Waals surface area contributed by atoms with E-state index in [9.17, 15) is 0 Å². The third-order valence-electron chi connectivity index (χ3n) is 12.9. The van der Waals surface area contributed by atoms with Crippen molar-refractivity contribution < 1.29 is 18.9 Å². The summed E-state index contributed by atoms with van der Waals surface area (Å²) in [7, 11) is 0. The van der Waals surface area contributed by atoms with Crippen molar-refractivity contribution in [3.63, 3.8) is 0 Å². The summed E-state index contributed by atoms with van der Waals surface area (Å²) in [6.45, 7) is 20.4. The van der Waals surface area contributed by atoms with E-state index in [1.165, 1.54) is 33.4 Å². The van der Waals surface area contributed by atoms with E-state index in [0.29, 0.717) is 19.8 Å². The first kappa shape index (κ1) is 43.9. The van der Waals surface area contributed by atoms with E-state index in [-0.39, 0.29) is 5.41 Å². The molecule has 0 saturated heterocycles. The van der Waals surface area contributed by atoms with E-state index in [1.54, 1.807) is 0 Å². The van der Waals surface area contributed by atoms with E-state index in [2.05, 4.69) is 225 Å². The lowest BCUT2D eigenvalue weighted by Gasteiger charge is -2.34. The van der Waals surface area contributed by atoms with Crippen LogP contribution in [-0.2, 0) is 30.7 Å². The van der Waals surface area contributed by atoms with Gasteiger partial charge in [-0.25, -0.2) is 0 Å². The van der Waals surface area contributed by atoms with Crippen LogP contribution in [0.1, 0.15) is 93.1 Å². The van der Waals surface area contributed by atoms with Gasteiger partial charge in [-0.15, -0.1) is 0 Å². The summed E-state index contributed by atoms with van der Waals surface area (Å²) in [4.78, 5) is 0. The maximum atomic E-state index is 6.58. The van der Waals surface area contributed by atoms with Crippen molar-refractivity contribution >= 4 is 6.08 Å². The smallest absolute Gasteiger partial charge is 0.133 e. The van der Waals surface area contributed by atoms with Gasteiger partial charge < -0.3 is 18.9 Å². The van der Waals surface area contributed by atoms with E-state index < -0.39 is 5.41 Å². The number of benzene rings is 8. The molecule has 1 aliphatic rings. The molecule has 66 heavy (non-hydrogen) atoms. The topological polar surface area (TPSA) is 36.9 Å². The molecule has 0 saturated carbocycles. The van der Waals surface area contributed by atoms with Gasteiger partial charge in [0, 0.05) is 0 Å². The van der Waals surface area contributed by atoms with Gasteiger partial charge in [-0.1, -0.05) is 167 Å². The number of hydrogen-bond acceptors (Lipinski definition) is 4. The van der Waals surface area contributed by atoms with Crippen LogP contribution in [0.4, 0.5) is 0 Å². The molecule has 330 valence electrons. The highest BCUT2D eigenvalue weighted by atomic mass is 16.5. The van der Waals surface area contributed by atoms with Crippen LogP contribution in [0, 0.1) is 27.7 Å². The highest BCUT2D eigenvalue weighted by Gasteiger charge is 2.46. The van der Waals surface area contributed by atoms with Crippen molar-refractivity contribution in [3.05, 3.63) is 249 Å². The third kappa shape index (κ3) is 8.76. The number of fused-ring (bicyclic) bond motifs is 3. The van der Waals surface area contributed by atoms with Crippen molar-refractivity contribution in [1.29, 1.82) is 0 Å². The van der Waals surface area contributed by atoms with Gasteiger partial charge in [-0.3, -0.25) is 0 Å². The van der Waals surface area contributed by atoms with Gasteiger partial charge in [0.1, 0.15) is 48.6 Å². The lowest BCUT2D eigenvalue weighted by Crippen LogP contribution is -2.28. The molecule has 0 unspecified atom stereocenters. The second-order valence-corrected chi connectivity index (χ2v) is 18.7. The van der Waals surface area contributed by atoms with Crippen LogP contribution >= 0.6 is 0 Å². The SMILES string of the molecule is C=Cc1ccc(COc2ccc(C3(c4cccc(OCc5ccc(COc6c(C)cc(Oc7c(C)cc(C(C)(C)C)cc7C)cc6C)cc5)c4)c4ccccc4-c4ccccc43)cc2)cc1. The lowest BCUT2D eigenvalue weighted by molar-refractivity contribution is 0.299. The zero-order valence-corrected chi connectivity index (χ0v) is 39.2. The summed E-state index contributed by atoms with van der Waals surface area (Å²) >= 11 is 0. The number of aryl methyl sites for hydroxylation is 4. The van der Waals surface area contributed by atoms with E-state index >= 15 is 0 Å². The molecular weight excluding hydrogens is 809 g/mol. The van der Waals surface area contributed by atoms with Gasteiger partial charge in [0.2, 0.25) is 0 Å². The van der Waals surface area contributed by atoms with Gasteiger partial charge in [-0.05, 0) is 153 Å². The molecule has 0 amide bonds. The van der Waals surface area contributed by atoms with Crippen molar-refractivity contribution in [1.82, 2.24) is 0 Å². The zero-order chi connectivity index (χ0) is 46.0. The van der Waals surface area contributed by atoms with Crippen LogP contribution in [0.3, 0.4) is 0 Å². The Kier molecular flexibility index (Phi) is 12.2. The van der Waals surface area contributed by atoms with Crippen molar-refractivity contribution in [2.75, 3.05) is 0 Å². The summed E-state index contributed by atoms with van der Waals surface area (Å²) < 4.78 is 25.8. The number of hydrogen-bond donors (Lipinski definition) is 0. The Hall–Kier alpha value is -7.30. The normalized spacial score (nSPS) is 12.5. The van der Waals surface area contributed by atoms with Gasteiger partial charge in [0.15, 0.2) is 0 Å². The third-order valence-corrected chi connectivity index (χ3v) is 12.9. The maximum Gasteiger partial charge on any atom is 0.133 e. The predicted octanol–water partition coefficient (Wildman–Crippen LogP) is 15.8. The fourth-order valence-corrected chi connectivity index (χ4v) is 9.47. The van der Waals surface area contributed by atoms with Gasteiger partial charge in [-0.2, -0.15) is 0 Å². The average Bonchev–Trinajstić information content (AvgIpc) is 3.62. The molecule has 0 N–H and O–H groups in total. The van der Waals surface area contributed by atoms with Crippen molar-refractivity contribution in [2.24, 2.45) is 0 Å². The Bertz CT molecular complexity index is 2930. The standard InChI is InChI=1S/C62H58O4/c1-9-45-21-23-46(24-22-45)38-63-52-31-29-49(30-32-52)62(57-19-12-10-17-55(57)56-18-11-13-20-58(56)62)50-15-14-16-53(37-50)64-39-47-25-27-48(28-26-47)40-65-59-43(4)35-54(36-44(59)5)66-60-41(2)33-51(34-42(60)3)61(6,7)8/h9-37H,1,38-40H2,2-8H3. The molecule has 8 aromatic carbocycles. The van der Waals surface area contributed by atoms with Gasteiger partial charge in [0.25, 0.3) is 0 Å². The maximum absolute atomic E-state index is 6.58. The molecular formula is C62H58O4. The van der Waals surface area contributed by atoms with Gasteiger partial charge in [0.05, 0.1) is 5.41 Å². The Morgan fingerprint density at radius 2 is 0.955 bits per heavy atom. The van der Waals surface area contributed by atoms with Crippen LogP contribution in [0.2, 0.25) is 0 Å². The summed E-state index contributed by atoms with van der Waals surface area (Å²) in [5, 5.41) is 0. The van der Waals surface area contributed by atoms with E-state index in [4.69, 9.17) is 18.9 Å². The number of rotatable bonds is 14. The molecule has 0 fully saturated rings. The minimum Gasteiger partial charge on any atom is -0.489 e. The van der Waals surface area contributed by atoms with E-state index in [1.807, 2.05) is 6.08 Å². The molecule has 0 atom stereocenters. The first-order chi connectivity index (χ1) is 31.9. The summed E-state index contributed by atoms with van der Waals surface area (Å²) in [6, 6.07) is 60.2. The van der Waals surface area contributed by atoms with Crippen LogP contribution in [0.5, 0.6) is 28.7 Å². The monoisotopic (exact) mass is 866 g/mol. The fraction of sp³-hybridized carbons (Fsp3) is 0.194. The molecule has 4 nitrogen and oxygen atoms in total. The van der Waals surface area contributed by atoms with Crippen LogP contribution in [-0.4, -0.2) is 0 Å². The second-order valence-electron chi connectivity index (χ2n) is 18.7. The first-order valence-electron chi connectivity index (χ1n) is 22.9. The predicted molar refractivity (Wildman–Crippen MR) is 270 cm³/mol. The molecule has 0 bridgehead atoms. The van der Waals surface area contributed by atoms with Crippen LogP contribution < -0.4 is 18.9 Å². The summed E-state index contributed by atoms with van der Waals surface area (Å²) in [5.74, 6) is 4.25. The number of ether oxygens (including phenoxy) is 4. The fourth-order valence-electron chi connectivity index (χ4n) is 9.47. The van der Waals surface area contributed by atoms with Gasteiger partial charge >= 0.3 is 0 Å². The first-order valence-corrected chi connectivity index (χ1v) is 22.9. The largest absolute Gasteiger partial charge is 0.489 e.